The van der Waals surface area contributed by atoms with E-state index in [1.54, 1.807) is 0 Å². The van der Waals surface area contributed by atoms with E-state index in [1.165, 1.54) is 5.56 Å². The van der Waals surface area contributed by atoms with Crippen molar-refractivity contribution >= 4 is 11.0 Å². The van der Waals surface area contributed by atoms with Crippen LogP contribution in [0.5, 0.6) is 0 Å². The predicted octanol–water partition coefficient (Wildman–Crippen LogP) is 2.30. The second kappa shape index (κ2) is 4.46. The zero-order valence-corrected chi connectivity index (χ0v) is 11.2. The molecule has 1 aromatic carbocycles. The van der Waals surface area contributed by atoms with Gasteiger partial charge in [0.05, 0.1) is 16.7 Å². The molecule has 1 aliphatic carbocycles. The van der Waals surface area contributed by atoms with Crippen molar-refractivity contribution in [1.29, 1.82) is 0 Å². The average molecular weight is 254 g/mol. The average Bonchev–Trinajstić information content (AvgIpc) is 2.78. The zero-order chi connectivity index (χ0) is 13.4. The van der Waals surface area contributed by atoms with Crippen LogP contribution in [0.2, 0.25) is 0 Å². The summed E-state index contributed by atoms with van der Waals surface area (Å²) in [6, 6.07) is 6.41. The molecule has 0 spiro atoms. The van der Waals surface area contributed by atoms with Crippen molar-refractivity contribution in [2.45, 2.75) is 19.3 Å². The highest BCUT2D eigenvalue weighted by Crippen LogP contribution is 2.30. The van der Waals surface area contributed by atoms with Gasteiger partial charge in [0.2, 0.25) is 0 Å². The molecule has 0 bridgehead atoms. The van der Waals surface area contributed by atoms with Gasteiger partial charge in [-0.1, -0.05) is 12.1 Å². The first-order chi connectivity index (χ1) is 9.17. The van der Waals surface area contributed by atoms with Gasteiger partial charge in [-0.05, 0) is 37.1 Å². The molecule has 1 unspecified atom stereocenters. The fraction of sp³-hybridized carbons (Fsp3) is 0.267. The lowest BCUT2D eigenvalue weighted by atomic mass is 9.89. The van der Waals surface area contributed by atoms with Crippen LogP contribution in [-0.4, -0.2) is 17.0 Å². The van der Waals surface area contributed by atoms with E-state index < -0.39 is 0 Å². The molecular weight excluding hydrogens is 236 g/mol. The van der Waals surface area contributed by atoms with Crippen LogP contribution in [0, 0.1) is 6.92 Å². The molecule has 0 fully saturated rings. The van der Waals surface area contributed by atoms with Crippen LogP contribution in [0.25, 0.3) is 11.0 Å². The molecule has 0 amide bonds. The van der Waals surface area contributed by atoms with Crippen molar-refractivity contribution in [3.05, 3.63) is 53.1 Å². The molecule has 4 heteroatoms. The number of H-pyrrole nitrogens is 1. The quantitative estimate of drug-likeness (QED) is 0.770. The van der Waals surface area contributed by atoms with Crippen LogP contribution in [0.3, 0.4) is 0 Å². The van der Waals surface area contributed by atoms with Crippen molar-refractivity contribution in [2.75, 3.05) is 7.05 Å². The van der Waals surface area contributed by atoms with E-state index in [-0.39, 0.29) is 0 Å². The molecule has 98 valence electrons. The number of aryl methyl sites for hydroxylation is 1. The summed E-state index contributed by atoms with van der Waals surface area (Å²) in [7, 11) is 1.92. The molecule has 1 aromatic heterocycles. The van der Waals surface area contributed by atoms with Crippen molar-refractivity contribution in [3.63, 3.8) is 0 Å². The number of aromatic amines is 1. The number of hydrogen-bond acceptors (Lipinski definition) is 3. The lowest BCUT2D eigenvalue weighted by molar-refractivity contribution is 0.739. The van der Waals surface area contributed by atoms with E-state index in [0.29, 0.717) is 5.92 Å². The molecule has 0 saturated carbocycles. The fourth-order valence-corrected chi connectivity index (χ4v) is 2.58. The van der Waals surface area contributed by atoms with Crippen LogP contribution < -0.4 is 11.1 Å². The molecular formula is C15H18N4. The summed E-state index contributed by atoms with van der Waals surface area (Å²) < 4.78 is 0. The van der Waals surface area contributed by atoms with E-state index in [1.807, 2.05) is 20.0 Å². The molecule has 4 nitrogen and oxygen atoms in total. The Morgan fingerprint density at radius 1 is 1.42 bits per heavy atom. The van der Waals surface area contributed by atoms with Gasteiger partial charge >= 0.3 is 0 Å². The summed E-state index contributed by atoms with van der Waals surface area (Å²) in [6.07, 6.45) is 5.06. The molecule has 0 radical (unpaired) electrons. The van der Waals surface area contributed by atoms with E-state index >= 15 is 0 Å². The van der Waals surface area contributed by atoms with E-state index in [9.17, 15) is 0 Å². The Morgan fingerprint density at radius 2 is 2.26 bits per heavy atom. The number of aromatic nitrogens is 2. The Kier molecular flexibility index (Phi) is 2.78. The summed E-state index contributed by atoms with van der Waals surface area (Å²) in [4.78, 5) is 7.74. The Morgan fingerprint density at radius 3 is 3.05 bits per heavy atom. The molecule has 1 aliphatic rings. The minimum absolute atomic E-state index is 0.358. The van der Waals surface area contributed by atoms with Gasteiger partial charge in [-0.2, -0.15) is 0 Å². The molecule has 4 N–H and O–H groups in total. The van der Waals surface area contributed by atoms with Crippen molar-refractivity contribution in [3.8, 4) is 0 Å². The number of benzene rings is 1. The third kappa shape index (κ3) is 2.10. The predicted molar refractivity (Wildman–Crippen MR) is 77.6 cm³/mol. The third-order valence-electron chi connectivity index (χ3n) is 3.64. The summed E-state index contributed by atoms with van der Waals surface area (Å²) in [5.74, 6) is 1.31. The molecule has 0 saturated heterocycles. The number of nitrogens with one attached hydrogen (secondary N) is 2. The Balaban J connectivity index is 1.95. The van der Waals surface area contributed by atoms with Crippen molar-refractivity contribution in [2.24, 2.45) is 5.73 Å². The van der Waals surface area contributed by atoms with Gasteiger partial charge in [-0.3, -0.25) is 0 Å². The number of fused-ring (bicyclic) bond motifs is 1. The van der Waals surface area contributed by atoms with Crippen LogP contribution >= 0.6 is 0 Å². The van der Waals surface area contributed by atoms with Gasteiger partial charge in [-0.15, -0.1) is 0 Å². The van der Waals surface area contributed by atoms with Gasteiger partial charge < -0.3 is 16.0 Å². The zero-order valence-electron chi connectivity index (χ0n) is 11.2. The van der Waals surface area contributed by atoms with Gasteiger partial charge in [0.15, 0.2) is 0 Å². The summed E-state index contributed by atoms with van der Waals surface area (Å²) >= 11 is 0. The van der Waals surface area contributed by atoms with Gasteiger partial charge in [0.1, 0.15) is 5.82 Å². The minimum atomic E-state index is 0.358. The molecule has 1 heterocycles. The summed E-state index contributed by atoms with van der Waals surface area (Å²) in [5, 5.41) is 3.18. The number of nitrogens with two attached hydrogens (primary N) is 1. The number of imidazole rings is 1. The maximum Gasteiger partial charge on any atom is 0.104 e. The lowest BCUT2D eigenvalue weighted by Gasteiger charge is -2.21. The lowest BCUT2D eigenvalue weighted by Crippen LogP contribution is -2.18. The molecule has 1 atom stereocenters. The fourth-order valence-electron chi connectivity index (χ4n) is 2.58. The third-order valence-corrected chi connectivity index (χ3v) is 3.64. The Bertz CT molecular complexity index is 679. The second-order valence-electron chi connectivity index (χ2n) is 4.95. The Labute approximate surface area is 112 Å². The SMILES string of the molecule is CNC1=C(N)C=CC(c2ccc3[nH]c(C)nc3c2)C1. The highest BCUT2D eigenvalue weighted by molar-refractivity contribution is 5.76. The van der Waals surface area contributed by atoms with Crippen LogP contribution in [0.1, 0.15) is 23.7 Å². The van der Waals surface area contributed by atoms with Crippen LogP contribution in [0.4, 0.5) is 0 Å². The number of allylic oxidation sites excluding steroid dienone is 3. The van der Waals surface area contributed by atoms with Gasteiger partial charge in [0, 0.05) is 18.7 Å². The molecule has 2 aromatic rings. The normalized spacial score (nSPS) is 19.2. The molecule has 19 heavy (non-hydrogen) atoms. The highest BCUT2D eigenvalue weighted by Gasteiger charge is 2.16. The van der Waals surface area contributed by atoms with E-state index in [0.717, 1.165) is 34.7 Å². The van der Waals surface area contributed by atoms with Crippen LogP contribution in [-0.2, 0) is 0 Å². The number of hydrogen-bond donors (Lipinski definition) is 3. The first-order valence-electron chi connectivity index (χ1n) is 6.48. The van der Waals surface area contributed by atoms with Gasteiger partial charge in [0.25, 0.3) is 0 Å². The Hall–Kier alpha value is -2.23. The van der Waals surface area contributed by atoms with E-state index in [4.69, 9.17) is 5.73 Å². The maximum atomic E-state index is 5.94. The van der Waals surface area contributed by atoms with Crippen molar-refractivity contribution < 1.29 is 0 Å². The number of nitrogens with zero attached hydrogens (tertiary/aromatic N) is 1. The largest absolute Gasteiger partial charge is 0.397 e. The van der Waals surface area contributed by atoms with E-state index in [2.05, 4.69) is 39.6 Å². The highest BCUT2D eigenvalue weighted by atomic mass is 14.9. The second-order valence-corrected chi connectivity index (χ2v) is 4.95. The monoisotopic (exact) mass is 254 g/mol. The number of rotatable bonds is 2. The summed E-state index contributed by atoms with van der Waals surface area (Å²) in [6.45, 7) is 1.97. The molecule has 3 rings (SSSR count). The summed E-state index contributed by atoms with van der Waals surface area (Å²) in [5.41, 5.74) is 11.3. The smallest absolute Gasteiger partial charge is 0.104 e. The van der Waals surface area contributed by atoms with Gasteiger partial charge in [-0.25, -0.2) is 4.98 Å². The topological polar surface area (TPSA) is 66.7 Å². The maximum absolute atomic E-state index is 5.94. The van der Waals surface area contributed by atoms with Crippen molar-refractivity contribution in [1.82, 2.24) is 15.3 Å². The molecule has 0 aliphatic heterocycles. The van der Waals surface area contributed by atoms with Crippen LogP contribution in [0.15, 0.2) is 41.7 Å². The standard InChI is InChI=1S/C15H18N4/c1-9-18-13-6-4-11(8-15(13)19-9)10-3-5-12(16)14(7-10)17-2/h3-6,8,10,17H,7,16H2,1-2H3,(H,18,19). The minimum Gasteiger partial charge on any atom is -0.397 e. The first-order valence-corrected chi connectivity index (χ1v) is 6.48. The first kappa shape index (κ1) is 11.8.